The molecular weight excluding hydrogens is 498 g/mol. The molecule has 7 heteroatoms. The van der Waals surface area contributed by atoms with Crippen molar-refractivity contribution < 1.29 is 4.79 Å². The zero-order chi connectivity index (χ0) is 22.5. The lowest BCUT2D eigenvalue weighted by Gasteiger charge is -2.34. The Hall–Kier alpha value is -3.16. The van der Waals surface area contributed by atoms with Gasteiger partial charge in [0.2, 0.25) is 0 Å². The summed E-state index contributed by atoms with van der Waals surface area (Å²) in [5, 5.41) is 8.76. The standard InChI is InChI=1S/C26H20BrN3O2S/c27-17-7-4-6-15(12-17)22-23-19(13-16(14-20(23)31)21-10-5-11-33-21)28-25-24(22)26(32)30(29-25)18-8-2-1-3-9-18/h1-12,16,22,28-29H,13-14H2/t16-,22-/m0/s1. The van der Waals surface area contributed by atoms with E-state index < -0.39 is 5.92 Å². The van der Waals surface area contributed by atoms with Crippen LogP contribution in [0.15, 0.2) is 92.6 Å². The first-order valence-electron chi connectivity index (χ1n) is 10.8. The van der Waals surface area contributed by atoms with Crippen molar-refractivity contribution in [2.45, 2.75) is 24.7 Å². The third kappa shape index (κ3) is 3.43. The van der Waals surface area contributed by atoms with Crippen molar-refractivity contribution in [1.29, 1.82) is 0 Å². The number of H-pyrrole nitrogens is 1. The number of rotatable bonds is 3. The van der Waals surface area contributed by atoms with E-state index in [1.54, 1.807) is 16.0 Å². The smallest absolute Gasteiger partial charge is 0.277 e. The number of nitrogens with one attached hydrogen (secondary N) is 2. The number of para-hydroxylation sites is 1. The Morgan fingerprint density at radius 2 is 1.82 bits per heavy atom. The molecule has 0 bridgehead atoms. The summed E-state index contributed by atoms with van der Waals surface area (Å²) in [5.74, 6) is 0.493. The van der Waals surface area contributed by atoms with Gasteiger partial charge in [-0.05, 0) is 47.7 Å². The molecule has 5 nitrogen and oxygen atoms in total. The SMILES string of the molecule is O=C1C[C@@H](c2cccs2)CC2=C1[C@H](c1cccc(Br)c1)c1c([nH]n(-c3ccccc3)c1=O)N2. The molecule has 2 atom stereocenters. The van der Waals surface area contributed by atoms with Gasteiger partial charge in [0.25, 0.3) is 5.56 Å². The van der Waals surface area contributed by atoms with Crippen LogP contribution in [-0.2, 0) is 4.79 Å². The normalized spacial score (nSPS) is 19.7. The number of carbonyl (C=O) groups is 1. The van der Waals surface area contributed by atoms with Gasteiger partial charge < -0.3 is 5.32 Å². The molecule has 0 radical (unpaired) electrons. The number of allylic oxidation sites excluding steroid dienone is 2. The van der Waals surface area contributed by atoms with Gasteiger partial charge in [0, 0.05) is 38.9 Å². The number of carbonyl (C=O) groups excluding carboxylic acids is 1. The summed E-state index contributed by atoms with van der Waals surface area (Å²) in [7, 11) is 0. The summed E-state index contributed by atoms with van der Waals surface area (Å²) in [5.41, 5.74) is 3.74. The summed E-state index contributed by atoms with van der Waals surface area (Å²) >= 11 is 5.25. The molecule has 2 aromatic carbocycles. The van der Waals surface area contributed by atoms with Crippen molar-refractivity contribution in [3.8, 4) is 5.69 Å². The monoisotopic (exact) mass is 517 g/mol. The molecule has 2 N–H and O–H groups in total. The molecule has 6 rings (SSSR count). The van der Waals surface area contributed by atoms with Crippen LogP contribution in [0.3, 0.4) is 0 Å². The number of nitrogens with zero attached hydrogens (tertiary/aromatic N) is 1. The van der Waals surface area contributed by atoms with Crippen LogP contribution in [0.5, 0.6) is 0 Å². The zero-order valence-electron chi connectivity index (χ0n) is 17.5. The second-order valence-corrected chi connectivity index (χ2v) is 10.3. The first-order valence-corrected chi connectivity index (χ1v) is 12.5. The van der Waals surface area contributed by atoms with Gasteiger partial charge >= 0.3 is 0 Å². The van der Waals surface area contributed by atoms with E-state index in [1.165, 1.54) is 4.88 Å². The summed E-state index contributed by atoms with van der Waals surface area (Å²) in [6, 6.07) is 21.5. The Morgan fingerprint density at radius 1 is 0.970 bits per heavy atom. The quantitative estimate of drug-likeness (QED) is 0.353. The van der Waals surface area contributed by atoms with Gasteiger partial charge in [-0.1, -0.05) is 52.3 Å². The Morgan fingerprint density at radius 3 is 2.58 bits per heavy atom. The predicted octanol–water partition coefficient (Wildman–Crippen LogP) is 5.95. The summed E-state index contributed by atoms with van der Waals surface area (Å²) in [6.07, 6.45) is 1.20. The highest BCUT2D eigenvalue weighted by Crippen LogP contribution is 2.47. The number of aromatic nitrogens is 2. The van der Waals surface area contributed by atoms with Crippen molar-refractivity contribution in [3.05, 3.63) is 114 Å². The predicted molar refractivity (Wildman–Crippen MR) is 134 cm³/mol. The average Bonchev–Trinajstić information content (AvgIpc) is 3.47. The Bertz CT molecular complexity index is 1450. The molecule has 2 aromatic heterocycles. The summed E-state index contributed by atoms with van der Waals surface area (Å²) in [6.45, 7) is 0. The van der Waals surface area contributed by atoms with Crippen molar-refractivity contribution in [1.82, 2.24) is 9.78 Å². The number of aromatic amines is 1. The summed E-state index contributed by atoms with van der Waals surface area (Å²) in [4.78, 5) is 28.5. The lowest BCUT2D eigenvalue weighted by Crippen LogP contribution is -2.31. The van der Waals surface area contributed by atoms with Crippen molar-refractivity contribution >= 4 is 38.9 Å². The molecule has 3 heterocycles. The van der Waals surface area contributed by atoms with Crippen molar-refractivity contribution in [2.75, 3.05) is 5.32 Å². The van der Waals surface area contributed by atoms with Crippen LogP contribution in [0.1, 0.15) is 40.7 Å². The number of fused-ring (bicyclic) bond motifs is 1. The van der Waals surface area contributed by atoms with Gasteiger partial charge in [-0.3, -0.25) is 14.7 Å². The molecule has 0 saturated heterocycles. The molecule has 4 aromatic rings. The lowest BCUT2D eigenvalue weighted by molar-refractivity contribution is -0.116. The minimum Gasteiger partial charge on any atom is -0.343 e. The van der Waals surface area contributed by atoms with Gasteiger partial charge in [-0.2, -0.15) is 0 Å². The first-order chi connectivity index (χ1) is 16.1. The number of thiophene rings is 1. The van der Waals surface area contributed by atoms with E-state index in [0.717, 1.165) is 27.8 Å². The molecule has 33 heavy (non-hydrogen) atoms. The second-order valence-electron chi connectivity index (χ2n) is 8.43. The van der Waals surface area contributed by atoms with Crippen molar-refractivity contribution in [3.63, 3.8) is 0 Å². The van der Waals surface area contributed by atoms with Gasteiger partial charge in [-0.25, -0.2) is 4.68 Å². The Labute approximate surface area is 202 Å². The fraction of sp³-hybridized carbons (Fsp3) is 0.154. The number of Topliss-reactive ketones (excluding diaryl/α,β-unsaturated/α-hetero) is 1. The molecule has 0 fully saturated rings. The van der Waals surface area contributed by atoms with E-state index >= 15 is 0 Å². The minimum absolute atomic E-state index is 0.102. The molecular formula is C26H20BrN3O2S. The van der Waals surface area contributed by atoms with E-state index in [9.17, 15) is 9.59 Å². The number of benzene rings is 2. The topological polar surface area (TPSA) is 66.9 Å². The molecule has 0 saturated carbocycles. The van der Waals surface area contributed by atoms with Gasteiger partial charge in [0.05, 0.1) is 11.3 Å². The lowest BCUT2D eigenvalue weighted by atomic mass is 9.74. The van der Waals surface area contributed by atoms with Crippen LogP contribution >= 0.6 is 27.3 Å². The third-order valence-corrected chi connectivity index (χ3v) is 7.96. The van der Waals surface area contributed by atoms with Crippen LogP contribution in [-0.4, -0.2) is 15.6 Å². The maximum absolute atomic E-state index is 13.7. The van der Waals surface area contributed by atoms with Crippen LogP contribution in [0.4, 0.5) is 5.82 Å². The fourth-order valence-corrected chi connectivity index (χ4v) is 6.24. The van der Waals surface area contributed by atoms with E-state index in [4.69, 9.17) is 0 Å². The second kappa shape index (κ2) is 8.01. The molecule has 1 aliphatic heterocycles. The third-order valence-electron chi connectivity index (χ3n) is 6.43. The van der Waals surface area contributed by atoms with Gasteiger partial charge in [-0.15, -0.1) is 11.3 Å². The maximum atomic E-state index is 13.7. The number of hydrogen-bond donors (Lipinski definition) is 2. The number of halogens is 1. The van der Waals surface area contributed by atoms with Crippen molar-refractivity contribution in [2.24, 2.45) is 0 Å². The molecule has 2 aliphatic rings. The van der Waals surface area contributed by atoms with Crippen LogP contribution in [0.25, 0.3) is 5.69 Å². The highest BCUT2D eigenvalue weighted by atomic mass is 79.9. The van der Waals surface area contributed by atoms with Crippen LogP contribution in [0.2, 0.25) is 0 Å². The van der Waals surface area contributed by atoms with E-state index in [1.807, 2.05) is 60.7 Å². The fourth-order valence-electron chi connectivity index (χ4n) is 5.00. The van der Waals surface area contributed by atoms with Gasteiger partial charge in [0.15, 0.2) is 5.78 Å². The van der Waals surface area contributed by atoms with E-state index in [0.29, 0.717) is 23.4 Å². The largest absolute Gasteiger partial charge is 0.343 e. The first kappa shape index (κ1) is 20.4. The Kier molecular flexibility index (Phi) is 4.96. The maximum Gasteiger partial charge on any atom is 0.277 e. The molecule has 0 amide bonds. The van der Waals surface area contributed by atoms with Gasteiger partial charge in [0.1, 0.15) is 5.82 Å². The van der Waals surface area contributed by atoms with Crippen LogP contribution < -0.4 is 10.9 Å². The summed E-state index contributed by atoms with van der Waals surface area (Å²) < 4.78 is 2.48. The highest BCUT2D eigenvalue weighted by molar-refractivity contribution is 9.10. The van der Waals surface area contributed by atoms with E-state index in [-0.39, 0.29) is 17.3 Å². The molecule has 0 unspecified atom stereocenters. The average molecular weight is 518 g/mol. The minimum atomic E-state index is -0.417. The molecule has 0 spiro atoms. The van der Waals surface area contributed by atoms with E-state index in [2.05, 4.69) is 37.8 Å². The molecule has 1 aliphatic carbocycles. The van der Waals surface area contributed by atoms with Crippen LogP contribution in [0, 0.1) is 0 Å². The number of hydrogen-bond acceptors (Lipinski definition) is 4. The number of anilines is 1. The highest BCUT2D eigenvalue weighted by Gasteiger charge is 2.41. The molecule has 164 valence electrons. The zero-order valence-corrected chi connectivity index (χ0v) is 19.9. The Balaban J connectivity index is 1.54. The number of ketones is 1.